The minimum absolute atomic E-state index is 0.131. The van der Waals surface area contributed by atoms with E-state index < -0.39 is 0 Å². The molecule has 3 fully saturated rings. The van der Waals surface area contributed by atoms with E-state index in [9.17, 15) is 4.79 Å². The summed E-state index contributed by atoms with van der Waals surface area (Å²) >= 11 is 0. The lowest BCUT2D eigenvalue weighted by Gasteiger charge is -2.41. The Morgan fingerprint density at radius 3 is 2.73 bits per heavy atom. The normalized spacial score (nSPS) is 22.3. The van der Waals surface area contributed by atoms with Crippen LogP contribution in [0.5, 0.6) is 11.8 Å². The molecule has 1 atom stereocenters. The molecule has 12 heteroatoms. The number of carbonyl (C=O) groups excluding carboxylic acids is 1. The Kier molecular flexibility index (Phi) is 9.34. The highest BCUT2D eigenvalue weighted by atomic mass is 16.5. The Hall–Kier alpha value is -4.08. The number of benzene rings is 1. The van der Waals surface area contributed by atoms with Gasteiger partial charge in [-0.1, -0.05) is 12.6 Å². The predicted molar refractivity (Wildman–Crippen MR) is 185 cm³/mol. The maximum absolute atomic E-state index is 12.7. The molecule has 0 radical (unpaired) electrons. The third-order valence-electron chi connectivity index (χ3n) is 10.8. The molecule has 256 valence electrons. The summed E-state index contributed by atoms with van der Waals surface area (Å²) in [6.07, 6.45) is 6.94. The number of ether oxygens (including phenoxy) is 3. The predicted octanol–water partition coefficient (Wildman–Crippen LogP) is 3.26. The number of aromatic nitrogens is 2. The zero-order chi connectivity index (χ0) is 33.3. The quantitative estimate of drug-likeness (QED) is 0.281. The highest BCUT2D eigenvalue weighted by Crippen LogP contribution is 2.47. The van der Waals surface area contributed by atoms with Gasteiger partial charge in [-0.15, -0.1) is 0 Å². The van der Waals surface area contributed by atoms with Gasteiger partial charge in [0.05, 0.1) is 37.2 Å². The van der Waals surface area contributed by atoms with Crippen LogP contribution in [0.3, 0.4) is 0 Å². The van der Waals surface area contributed by atoms with Gasteiger partial charge in [-0.2, -0.15) is 9.97 Å². The lowest BCUT2D eigenvalue weighted by atomic mass is 10.0. The Morgan fingerprint density at radius 1 is 1.15 bits per heavy atom. The summed E-state index contributed by atoms with van der Waals surface area (Å²) < 4.78 is 18.2. The maximum atomic E-state index is 12.7. The number of piperazine rings is 1. The van der Waals surface area contributed by atoms with E-state index in [-0.39, 0.29) is 23.9 Å². The van der Waals surface area contributed by atoms with Crippen LogP contribution in [0.4, 0.5) is 17.2 Å². The summed E-state index contributed by atoms with van der Waals surface area (Å²) in [5, 5.41) is 0. The number of amides is 1. The Morgan fingerprint density at radius 2 is 1.98 bits per heavy atom. The number of likely N-dealkylation sites (tertiary alicyclic amines) is 1. The number of methoxy groups -OCH3 is 1. The van der Waals surface area contributed by atoms with Gasteiger partial charge >= 0.3 is 6.01 Å². The zero-order valence-corrected chi connectivity index (χ0v) is 28.4. The van der Waals surface area contributed by atoms with E-state index in [1.165, 1.54) is 6.08 Å². The van der Waals surface area contributed by atoms with Crippen LogP contribution in [0.25, 0.3) is 4.85 Å². The number of rotatable bonds is 10. The fourth-order valence-corrected chi connectivity index (χ4v) is 7.83. The molecule has 1 aromatic heterocycles. The van der Waals surface area contributed by atoms with Crippen molar-refractivity contribution in [2.45, 2.75) is 50.8 Å². The van der Waals surface area contributed by atoms with Crippen molar-refractivity contribution < 1.29 is 19.0 Å². The van der Waals surface area contributed by atoms with Crippen molar-refractivity contribution in [2.75, 3.05) is 101 Å². The van der Waals surface area contributed by atoms with Crippen molar-refractivity contribution in [1.29, 1.82) is 0 Å². The van der Waals surface area contributed by atoms with Crippen LogP contribution in [0, 0.1) is 12.0 Å². The van der Waals surface area contributed by atoms with Gasteiger partial charge in [-0.05, 0) is 50.3 Å². The van der Waals surface area contributed by atoms with E-state index >= 15 is 0 Å². The van der Waals surface area contributed by atoms with Crippen LogP contribution in [0.2, 0.25) is 0 Å². The number of anilines is 3. The molecule has 5 heterocycles. The fraction of sp³-hybridized carbons (Fsp3) is 0.611. The molecule has 1 unspecified atom stereocenters. The average Bonchev–Trinajstić information content (AvgIpc) is 3.89. The molecule has 0 spiro atoms. The van der Waals surface area contributed by atoms with Gasteiger partial charge in [0, 0.05) is 70.9 Å². The molecule has 0 bridgehead atoms. The van der Waals surface area contributed by atoms with Crippen molar-refractivity contribution in [2.24, 2.45) is 5.41 Å². The maximum Gasteiger partial charge on any atom is 0.318 e. The van der Waals surface area contributed by atoms with Crippen LogP contribution >= 0.6 is 0 Å². The van der Waals surface area contributed by atoms with Crippen LogP contribution in [0.1, 0.15) is 36.9 Å². The molecule has 1 aromatic carbocycles. The number of fused-ring (bicyclic) bond motifs is 2. The van der Waals surface area contributed by atoms with E-state index in [4.69, 9.17) is 30.8 Å². The third-order valence-corrected chi connectivity index (χ3v) is 10.8. The van der Waals surface area contributed by atoms with Gasteiger partial charge in [0.25, 0.3) is 0 Å². The highest BCUT2D eigenvalue weighted by molar-refractivity contribution is 5.87. The number of carbonyl (C=O) groups is 1. The first-order valence-electron chi connectivity index (χ1n) is 17.4. The molecule has 0 N–H and O–H groups in total. The number of para-hydroxylation sites is 1. The van der Waals surface area contributed by atoms with Crippen LogP contribution in [0.15, 0.2) is 30.9 Å². The molecule has 1 amide bonds. The SMILES string of the molecule is [C-]#[N+]CC1CN(c2nc(OCC3(CN4CCC(OC)CC4)CC3)nc3c2CCN(c2cccc4c2N(C)CCO4)C3)CCN1C(=O)C=C. The molecule has 48 heavy (non-hydrogen) atoms. The molecule has 5 aliphatic rings. The van der Waals surface area contributed by atoms with Gasteiger partial charge in [0.2, 0.25) is 12.5 Å². The molecule has 1 saturated carbocycles. The topological polar surface area (TPSA) is 91.1 Å². The smallest absolute Gasteiger partial charge is 0.318 e. The number of likely N-dealkylation sites (N-methyl/N-ethyl adjacent to an activating group) is 1. The monoisotopic (exact) mass is 656 g/mol. The molecular formula is C36H48N8O4. The summed E-state index contributed by atoms with van der Waals surface area (Å²) in [5.41, 5.74) is 4.49. The molecule has 1 aliphatic carbocycles. The first-order valence-corrected chi connectivity index (χ1v) is 17.4. The minimum Gasteiger partial charge on any atom is -0.489 e. The number of piperidine rings is 1. The summed E-state index contributed by atoms with van der Waals surface area (Å²) in [7, 11) is 3.94. The van der Waals surface area contributed by atoms with Crippen molar-refractivity contribution in [3.63, 3.8) is 0 Å². The van der Waals surface area contributed by atoms with E-state index in [1.54, 1.807) is 4.90 Å². The van der Waals surface area contributed by atoms with E-state index in [1.807, 2.05) is 13.2 Å². The molecule has 2 aromatic rings. The third kappa shape index (κ3) is 6.63. The number of hydrogen-bond acceptors (Lipinski definition) is 10. The summed E-state index contributed by atoms with van der Waals surface area (Å²) in [6, 6.07) is 6.46. The Balaban J connectivity index is 1.15. The first kappa shape index (κ1) is 32.5. The van der Waals surface area contributed by atoms with Gasteiger partial charge in [-0.25, -0.2) is 6.57 Å². The number of nitrogens with zero attached hydrogens (tertiary/aromatic N) is 8. The highest BCUT2D eigenvalue weighted by Gasteiger charge is 2.45. The molecule has 12 nitrogen and oxygen atoms in total. The largest absolute Gasteiger partial charge is 0.489 e. The lowest BCUT2D eigenvalue weighted by molar-refractivity contribution is -0.128. The molecule has 4 aliphatic heterocycles. The Labute approximate surface area is 284 Å². The average molecular weight is 657 g/mol. The second-order valence-corrected chi connectivity index (χ2v) is 14.0. The molecular weight excluding hydrogens is 608 g/mol. The zero-order valence-electron chi connectivity index (χ0n) is 28.4. The van der Waals surface area contributed by atoms with Crippen LogP contribution in [-0.2, 0) is 22.5 Å². The second-order valence-electron chi connectivity index (χ2n) is 14.0. The standard InChI is InChI=1S/C36H48N8O4/c1-5-32(45)44-18-17-43(22-26(44)21-37-2)34-28-11-16-42(30-7-6-8-31-33(30)40(3)19-20-47-31)23-29(28)38-35(39-34)48-25-36(12-13-36)24-41-14-9-27(46-4)10-15-41/h5-8,26-27H,1,9-25H2,3-4H3. The van der Waals surface area contributed by atoms with Crippen molar-refractivity contribution >= 4 is 23.1 Å². The Bertz CT molecular complexity index is 1550. The van der Waals surface area contributed by atoms with Crippen molar-refractivity contribution in [1.82, 2.24) is 19.8 Å². The van der Waals surface area contributed by atoms with Gasteiger partial charge in [0.15, 0.2) is 0 Å². The summed E-state index contributed by atoms with van der Waals surface area (Å²) in [4.78, 5) is 37.7. The van der Waals surface area contributed by atoms with Gasteiger partial charge < -0.3 is 43.6 Å². The van der Waals surface area contributed by atoms with Crippen molar-refractivity contribution in [3.8, 4) is 11.8 Å². The number of hydrogen-bond donors (Lipinski definition) is 0. The molecule has 7 rings (SSSR count). The minimum atomic E-state index is -0.236. The van der Waals surface area contributed by atoms with Crippen molar-refractivity contribution in [3.05, 3.63) is 53.5 Å². The van der Waals surface area contributed by atoms with E-state index in [2.05, 4.69) is 50.2 Å². The van der Waals surface area contributed by atoms with Crippen LogP contribution < -0.4 is 24.2 Å². The van der Waals surface area contributed by atoms with Crippen LogP contribution in [-0.4, -0.2) is 124 Å². The van der Waals surface area contributed by atoms with Gasteiger partial charge in [-0.3, -0.25) is 4.79 Å². The first-order chi connectivity index (χ1) is 23.4. The van der Waals surface area contributed by atoms with E-state index in [0.29, 0.717) is 51.5 Å². The van der Waals surface area contributed by atoms with E-state index in [0.717, 1.165) is 99.0 Å². The summed E-state index contributed by atoms with van der Waals surface area (Å²) in [5.74, 6) is 1.66. The molecule has 2 saturated heterocycles. The van der Waals surface area contributed by atoms with Gasteiger partial charge in [0.1, 0.15) is 29.9 Å². The second kappa shape index (κ2) is 13.8. The summed E-state index contributed by atoms with van der Waals surface area (Å²) in [6.45, 7) is 19.9. The lowest BCUT2D eigenvalue weighted by Crippen LogP contribution is -2.56. The fourth-order valence-electron chi connectivity index (χ4n) is 7.83.